The van der Waals surface area contributed by atoms with Crippen LogP contribution in [0.4, 0.5) is 0 Å². The molecule has 1 amide bonds. The highest BCUT2D eigenvalue weighted by Crippen LogP contribution is 2.30. The summed E-state index contributed by atoms with van der Waals surface area (Å²) in [5.41, 5.74) is 1.63. The summed E-state index contributed by atoms with van der Waals surface area (Å²) in [4.78, 5) is 14.5. The molecule has 0 saturated carbocycles. The molecule has 1 aromatic carbocycles. The van der Waals surface area contributed by atoms with Crippen LogP contribution in [-0.2, 0) is 9.53 Å². The van der Waals surface area contributed by atoms with Gasteiger partial charge in [-0.1, -0.05) is 15.9 Å². The van der Waals surface area contributed by atoms with E-state index in [9.17, 15) is 4.79 Å². The number of nitrogens with zero attached hydrogens (tertiary/aromatic N) is 1. The van der Waals surface area contributed by atoms with E-state index in [0.29, 0.717) is 25.3 Å². The highest BCUT2D eigenvalue weighted by Gasteiger charge is 2.29. The maximum Gasteiger partial charge on any atom is 0.253 e. The molecule has 5 heteroatoms. The average molecular weight is 352 g/mol. The van der Waals surface area contributed by atoms with E-state index in [4.69, 9.17) is 9.47 Å². The van der Waals surface area contributed by atoms with Gasteiger partial charge >= 0.3 is 0 Å². The van der Waals surface area contributed by atoms with Crippen LogP contribution in [-0.4, -0.2) is 42.7 Å². The van der Waals surface area contributed by atoms with Crippen molar-refractivity contribution in [2.75, 3.05) is 19.7 Å². The van der Waals surface area contributed by atoms with E-state index in [-0.39, 0.29) is 18.1 Å². The number of benzene rings is 1. The molecule has 21 heavy (non-hydrogen) atoms. The third-order valence-electron chi connectivity index (χ3n) is 3.67. The lowest BCUT2D eigenvalue weighted by molar-refractivity contribution is -0.139. The number of halogens is 1. The van der Waals surface area contributed by atoms with Gasteiger partial charge in [0.05, 0.1) is 17.8 Å². The van der Waals surface area contributed by atoms with Gasteiger partial charge in [0.2, 0.25) is 0 Å². The summed E-state index contributed by atoms with van der Waals surface area (Å²) >= 11 is 3.44. The van der Waals surface area contributed by atoms with Crippen LogP contribution in [0.5, 0.6) is 5.75 Å². The number of ether oxygens (including phenoxy) is 2. The topological polar surface area (TPSA) is 38.8 Å². The molecule has 2 heterocycles. The van der Waals surface area contributed by atoms with E-state index in [2.05, 4.69) is 15.9 Å². The number of carbonyl (C=O) groups excluding carboxylic acids is 1. The van der Waals surface area contributed by atoms with Gasteiger partial charge in [-0.05, 0) is 38.1 Å². The average Bonchev–Trinajstić information content (AvgIpc) is 2.44. The third kappa shape index (κ3) is 3.14. The van der Waals surface area contributed by atoms with Gasteiger partial charge in [0.15, 0.2) is 0 Å². The molecular formula is C16H18BrNO3. The largest absolute Gasteiger partial charge is 0.488 e. The first-order valence-electron chi connectivity index (χ1n) is 7.10. The van der Waals surface area contributed by atoms with Crippen LogP contribution < -0.4 is 4.74 Å². The highest BCUT2D eigenvalue weighted by molar-refractivity contribution is 9.10. The predicted octanol–water partition coefficient (Wildman–Crippen LogP) is 2.86. The highest BCUT2D eigenvalue weighted by atomic mass is 79.9. The van der Waals surface area contributed by atoms with Crippen molar-refractivity contribution in [3.63, 3.8) is 0 Å². The maximum atomic E-state index is 12.6. The van der Waals surface area contributed by atoms with Gasteiger partial charge in [-0.15, -0.1) is 0 Å². The second-order valence-corrected chi connectivity index (χ2v) is 6.52. The molecule has 0 aliphatic carbocycles. The van der Waals surface area contributed by atoms with E-state index >= 15 is 0 Å². The molecule has 1 aromatic rings. The molecule has 2 atom stereocenters. The maximum absolute atomic E-state index is 12.6. The van der Waals surface area contributed by atoms with Crippen molar-refractivity contribution in [1.82, 2.24) is 4.90 Å². The zero-order valence-corrected chi connectivity index (χ0v) is 13.7. The molecule has 2 aliphatic rings. The van der Waals surface area contributed by atoms with Gasteiger partial charge in [0.25, 0.3) is 5.91 Å². The molecule has 1 saturated heterocycles. The summed E-state index contributed by atoms with van der Waals surface area (Å²) < 4.78 is 12.3. The fraction of sp³-hybridized carbons (Fsp3) is 0.438. The van der Waals surface area contributed by atoms with Gasteiger partial charge in [-0.25, -0.2) is 0 Å². The third-order valence-corrected chi connectivity index (χ3v) is 4.16. The zero-order chi connectivity index (χ0) is 15.0. The van der Waals surface area contributed by atoms with Crippen LogP contribution in [0.25, 0.3) is 6.08 Å². The number of morpholine rings is 1. The first-order chi connectivity index (χ1) is 10.0. The SMILES string of the molecule is C[C@@H]1CN(C(=O)C2=Cc3cc(Br)ccc3OC2)C[C@H](C)O1. The molecule has 0 aromatic heterocycles. The fourth-order valence-corrected chi connectivity index (χ4v) is 3.20. The van der Waals surface area contributed by atoms with Crippen molar-refractivity contribution in [1.29, 1.82) is 0 Å². The minimum Gasteiger partial charge on any atom is -0.488 e. The molecule has 1 fully saturated rings. The minimum absolute atomic E-state index is 0.0441. The predicted molar refractivity (Wildman–Crippen MR) is 84.2 cm³/mol. The number of hydrogen-bond acceptors (Lipinski definition) is 3. The number of amides is 1. The van der Waals surface area contributed by atoms with Crippen molar-refractivity contribution in [3.8, 4) is 5.75 Å². The molecule has 112 valence electrons. The summed E-state index contributed by atoms with van der Waals surface area (Å²) in [7, 11) is 0. The molecular weight excluding hydrogens is 334 g/mol. The van der Waals surface area contributed by atoms with Gasteiger partial charge < -0.3 is 14.4 Å². The quantitative estimate of drug-likeness (QED) is 0.780. The minimum atomic E-state index is 0.0441. The monoisotopic (exact) mass is 351 g/mol. The Morgan fingerprint density at radius 3 is 2.71 bits per heavy atom. The van der Waals surface area contributed by atoms with Crippen molar-refractivity contribution < 1.29 is 14.3 Å². The van der Waals surface area contributed by atoms with E-state index < -0.39 is 0 Å². The second-order valence-electron chi connectivity index (χ2n) is 5.61. The molecule has 4 nitrogen and oxygen atoms in total. The zero-order valence-electron chi connectivity index (χ0n) is 12.1. The van der Waals surface area contributed by atoms with Crippen molar-refractivity contribution in [2.45, 2.75) is 26.1 Å². The lowest BCUT2D eigenvalue weighted by atomic mass is 10.1. The molecule has 0 radical (unpaired) electrons. The lowest BCUT2D eigenvalue weighted by Crippen LogP contribution is -2.49. The molecule has 0 spiro atoms. The van der Waals surface area contributed by atoms with Gasteiger partial charge in [-0.2, -0.15) is 0 Å². The van der Waals surface area contributed by atoms with Crippen LogP contribution in [0.2, 0.25) is 0 Å². The Labute approximate surface area is 132 Å². The number of carbonyl (C=O) groups is 1. The Kier molecular flexibility index (Phi) is 4.04. The molecule has 0 unspecified atom stereocenters. The number of fused-ring (bicyclic) bond motifs is 1. The summed E-state index contributed by atoms with van der Waals surface area (Å²) in [6.45, 7) is 5.58. The fourth-order valence-electron chi connectivity index (χ4n) is 2.82. The van der Waals surface area contributed by atoms with Crippen LogP contribution in [0.3, 0.4) is 0 Å². The first kappa shape index (κ1) is 14.6. The van der Waals surface area contributed by atoms with Crippen LogP contribution in [0, 0.1) is 0 Å². The molecule has 2 aliphatic heterocycles. The number of rotatable bonds is 1. The van der Waals surface area contributed by atoms with Crippen molar-refractivity contribution in [2.24, 2.45) is 0 Å². The lowest BCUT2D eigenvalue weighted by Gasteiger charge is -2.36. The van der Waals surface area contributed by atoms with E-state index in [1.807, 2.05) is 43.0 Å². The van der Waals surface area contributed by atoms with Gasteiger partial charge in [0.1, 0.15) is 12.4 Å². The summed E-state index contributed by atoms with van der Waals surface area (Å²) in [5, 5.41) is 0. The first-order valence-corrected chi connectivity index (χ1v) is 7.90. The summed E-state index contributed by atoms with van der Waals surface area (Å²) in [6, 6.07) is 5.81. The van der Waals surface area contributed by atoms with Crippen LogP contribution in [0.15, 0.2) is 28.2 Å². The summed E-state index contributed by atoms with van der Waals surface area (Å²) in [6.07, 6.45) is 2.07. The summed E-state index contributed by atoms with van der Waals surface area (Å²) in [5.74, 6) is 0.862. The van der Waals surface area contributed by atoms with E-state index in [0.717, 1.165) is 15.8 Å². The molecule has 0 N–H and O–H groups in total. The Hall–Kier alpha value is -1.33. The Morgan fingerprint density at radius 1 is 1.29 bits per heavy atom. The van der Waals surface area contributed by atoms with Crippen LogP contribution in [0.1, 0.15) is 19.4 Å². The molecule has 3 rings (SSSR count). The Bertz CT molecular complexity index is 589. The van der Waals surface area contributed by atoms with Crippen molar-refractivity contribution in [3.05, 3.63) is 33.8 Å². The van der Waals surface area contributed by atoms with Gasteiger partial charge in [0, 0.05) is 23.1 Å². The van der Waals surface area contributed by atoms with Gasteiger partial charge in [-0.3, -0.25) is 4.79 Å². The number of hydrogen-bond donors (Lipinski definition) is 0. The molecule has 0 bridgehead atoms. The van der Waals surface area contributed by atoms with E-state index in [1.54, 1.807) is 0 Å². The Morgan fingerprint density at radius 2 is 2.00 bits per heavy atom. The Balaban J connectivity index is 1.82. The second kappa shape index (κ2) is 5.81. The standard InChI is InChI=1S/C16H18BrNO3/c1-10-7-18(8-11(2)21-10)16(19)13-5-12-6-14(17)3-4-15(12)20-9-13/h3-6,10-11H,7-9H2,1-2H3/t10-,11+. The van der Waals surface area contributed by atoms with Crippen molar-refractivity contribution >= 4 is 27.9 Å². The normalized spacial score (nSPS) is 24.9. The van der Waals surface area contributed by atoms with E-state index in [1.165, 1.54) is 0 Å². The smallest absolute Gasteiger partial charge is 0.253 e. The van der Waals surface area contributed by atoms with Crippen LogP contribution >= 0.6 is 15.9 Å².